The van der Waals surface area contributed by atoms with Gasteiger partial charge in [0.05, 0.1) is 12.7 Å². The summed E-state index contributed by atoms with van der Waals surface area (Å²) >= 11 is 0. The van der Waals surface area contributed by atoms with Gasteiger partial charge in [0.25, 0.3) is 5.56 Å². The molecular formula is C21H33BN2O14P3S2. The molecule has 241 valence electrons. The number of fused-ring (bicyclic) bond motifs is 2. The van der Waals surface area contributed by atoms with Gasteiger partial charge in [-0.15, -0.1) is 0 Å². The Morgan fingerprint density at radius 2 is 1.81 bits per heavy atom. The van der Waals surface area contributed by atoms with Crippen LogP contribution in [0.4, 0.5) is 0 Å². The molecule has 1 radical (unpaired) electrons. The van der Waals surface area contributed by atoms with Gasteiger partial charge in [0, 0.05) is 18.2 Å². The Kier molecular flexibility index (Phi) is 11.3. The molecule has 4 rings (SSSR count). The number of rotatable bonds is 15. The molecule has 6 unspecified atom stereocenters. The van der Waals surface area contributed by atoms with Gasteiger partial charge in [0.15, 0.2) is 0 Å². The van der Waals surface area contributed by atoms with Gasteiger partial charge in [0.2, 0.25) is 0 Å². The number of hydrogen-bond acceptors (Lipinski definition) is 12. The molecule has 1 saturated carbocycles. The van der Waals surface area contributed by atoms with Gasteiger partial charge in [-0.25, -0.2) is 18.5 Å². The Hall–Kier alpha value is -0.485. The zero-order chi connectivity index (χ0) is 31.8. The van der Waals surface area contributed by atoms with Crippen LogP contribution < -0.4 is 11.2 Å². The lowest BCUT2D eigenvalue weighted by Crippen LogP contribution is -2.33. The maximum absolute atomic E-state index is 12.4. The van der Waals surface area contributed by atoms with E-state index in [0.717, 1.165) is 11.0 Å². The standard InChI is InChI=1S/C21H33BN2O14P3S2/c1-12-9-24(20(26)23-19(12)25)18-8-16(17(36-18)10-35-40(30,31)38-41(32,33)37-39(27,28)29)34-11-42-43-21(2,3)22-15-7-13-4-5-14(15)6-13/h4-5,9,13-18H,6-8,10-11H2,1-3H3,(H,30,31)(H,32,33)(H,23,25,26)(H2,27,28,29)/t13?,14?,15?,16-,17?,18-/m1/s1. The topological polar surface area (TPSA) is 233 Å². The number of phosphoric acid groups is 3. The summed E-state index contributed by atoms with van der Waals surface area (Å²) < 4.78 is 59.8. The lowest BCUT2D eigenvalue weighted by atomic mass is 9.52. The molecule has 0 amide bonds. The molecule has 0 aromatic carbocycles. The molecule has 0 spiro atoms. The minimum absolute atomic E-state index is 0.0635. The van der Waals surface area contributed by atoms with Crippen molar-refractivity contribution in [3.05, 3.63) is 44.8 Å². The quantitative estimate of drug-likeness (QED) is 0.0441. The molecule has 1 aromatic rings. The number of ether oxygens (including phenoxy) is 2. The summed E-state index contributed by atoms with van der Waals surface area (Å²) in [4.78, 5) is 63.1. The van der Waals surface area contributed by atoms with E-state index in [0.29, 0.717) is 17.7 Å². The van der Waals surface area contributed by atoms with E-state index in [4.69, 9.17) is 23.8 Å². The van der Waals surface area contributed by atoms with Gasteiger partial charge in [-0.1, -0.05) is 59.8 Å². The van der Waals surface area contributed by atoms with E-state index in [-0.39, 0.29) is 22.6 Å². The Bertz CT molecular complexity index is 1470. The second-order valence-electron chi connectivity index (χ2n) is 11.0. The maximum Gasteiger partial charge on any atom is 0.490 e. The first kappa shape index (κ1) is 35.4. The smallest absolute Gasteiger partial charge is 0.364 e. The van der Waals surface area contributed by atoms with Crippen LogP contribution in [0.1, 0.15) is 44.9 Å². The minimum atomic E-state index is -5.71. The van der Waals surface area contributed by atoms with E-state index in [1.54, 1.807) is 10.8 Å². The summed E-state index contributed by atoms with van der Waals surface area (Å²) in [6, 6.07) is 0. The normalized spacial score (nSPS) is 29.9. The van der Waals surface area contributed by atoms with Crippen molar-refractivity contribution in [1.82, 2.24) is 9.55 Å². The molecule has 8 atom stereocenters. The first-order chi connectivity index (χ1) is 19.8. The molecule has 2 fully saturated rings. The maximum atomic E-state index is 12.4. The molecule has 1 aliphatic heterocycles. The fourth-order valence-electron chi connectivity index (χ4n) is 5.32. The van der Waals surface area contributed by atoms with Crippen molar-refractivity contribution in [2.75, 3.05) is 12.5 Å². The second-order valence-corrected chi connectivity index (χ2v) is 18.3. The average Bonchev–Trinajstić information content (AvgIpc) is 3.56. The Morgan fingerprint density at radius 1 is 1.09 bits per heavy atom. The van der Waals surface area contributed by atoms with Crippen LogP contribution in [0.3, 0.4) is 0 Å². The molecule has 1 saturated heterocycles. The number of allylic oxidation sites excluding steroid dienone is 2. The van der Waals surface area contributed by atoms with Crippen molar-refractivity contribution in [1.29, 1.82) is 0 Å². The van der Waals surface area contributed by atoms with Crippen LogP contribution in [-0.2, 0) is 36.3 Å². The number of phosphoric ester groups is 1. The third-order valence-corrected chi connectivity index (χ3v) is 13.7. The fraction of sp³-hybridized carbons (Fsp3) is 0.714. The molecule has 43 heavy (non-hydrogen) atoms. The lowest BCUT2D eigenvalue weighted by Gasteiger charge is -2.29. The summed E-state index contributed by atoms with van der Waals surface area (Å²) in [5, 5.41) is 0. The zero-order valence-electron chi connectivity index (χ0n) is 23.3. The van der Waals surface area contributed by atoms with Crippen molar-refractivity contribution in [2.45, 2.75) is 68.9 Å². The first-order valence-electron chi connectivity index (χ1n) is 13.0. The molecule has 2 heterocycles. The molecule has 1 aromatic heterocycles. The monoisotopic (exact) mass is 705 g/mol. The fourth-order valence-corrected chi connectivity index (χ4v) is 10.5. The van der Waals surface area contributed by atoms with E-state index < -0.39 is 59.8 Å². The first-order valence-corrected chi connectivity index (χ1v) is 19.9. The van der Waals surface area contributed by atoms with Gasteiger partial charge >= 0.3 is 29.2 Å². The number of hydrogen-bond donors (Lipinski definition) is 5. The van der Waals surface area contributed by atoms with Crippen LogP contribution in [0.5, 0.6) is 0 Å². The van der Waals surface area contributed by atoms with E-state index in [1.165, 1.54) is 30.3 Å². The highest BCUT2D eigenvalue weighted by Gasteiger charge is 2.44. The number of aromatic amines is 1. The van der Waals surface area contributed by atoms with Crippen molar-refractivity contribution in [3.63, 3.8) is 0 Å². The van der Waals surface area contributed by atoms with Gasteiger partial charge in [0.1, 0.15) is 25.6 Å². The predicted octanol–water partition coefficient (Wildman–Crippen LogP) is 3.02. The highest BCUT2D eigenvalue weighted by Crippen LogP contribution is 2.66. The van der Waals surface area contributed by atoms with Crippen LogP contribution in [-0.4, -0.2) is 65.8 Å². The lowest BCUT2D eigenvalue weighted by molar-refractivity contribution is -0.0543. The number of aryl methyl sites for hydroxylation is 1. The number of aromatic nitrogens is 2. The number of nitrogens with zero attached hydrogens (tertiary/aromatic N) is 1. The second kappa shape index (κ2) is 13.7. The summed E-state index contributed by atoms with van der Waals surface area (Å²) in [6.45, 7) is 4.97. The van der Waals surface area contributed by atoms with E-state index in [9.17, 15) is 33.1 Å². The Labute approximate surface area is 255 Å². The third kappa shape index (κ3) is 10.3. The summed E-state index contributed by atoms with van der Waals surface area (Å²) in [7, 11) is -11.3. The van der Waals surface area contributed by atoms with Gasteiger partial charge < -0.3 is 29.0 Å². The molecule has 16 nitrogen and oxygen atoms in total. The van der Waals surface area contributed by atoms with Crippen molar-refractivity contribution in [2.24, 2.45) is 11.8 Å². The average molecular weight is 705 g/mol. The van der Waals surface area contributed by atoms with Crippen molar-refractivity contribution < 1.29 is 55.9 Å². The third-order valence-electron chi connectivity index (χ3n) is 7.00. The highest BCUT2D eigenvalue weighted by atomic mass is 33.1. The van der Waals surface area contributed by atoms with Crippen LogP contribution in [0.15, 0.2) is 27.9 Å². The molecule has 3 aliphatic rings. The van der Waals surface area contributed by atoms with Crippen molar-refractivity contribution >= 4 is 52.3 Å². The van der Waals surface area contributed by atoms with E-state index in [1.807, 2.05) is 0 Å². The predicted molar refractivity (Wildman–Crippen MR) is 158 cm³/mol. The largest absolute Gasteiger partial charge is 0.490 e. The molecule has 22 heteroatoms. The van der Waals surface area contributed by atoms with E-state index in [2.05, 4.69) is 46.9 Å². The number of H-pyrrole nitrogens is 1. The van der Waals surface area contributed by atoms with Gasteiger partial charge in [-0.3, -0.25) is 18.9 Å². The van der Waals surface area contributed by atoms with Gasteiger partial charge in [-0.2, -0.15) is 8.62 Å². The van der Waals surface area contributed by atoms with Crippen LogP contribution in [0.2, 0.25) is 5.82 Å². The summed E-state index contributed by atoms with van der Waals surface area (Å²) in [5.41, 5.74) is -1.11. The van der Waals surface area contributed by atoms with Gasteiger partial charge in [-0.05, 0) is 29.8 Å². The van der Waals surface area contributed by atoms with Crippen LogP contribution in [0.25, 0.3) is 0 Å². The van der Waals surface area contributed by atoms with Crippen molar-refractivity contribution in [3.8, 4) is 0 Å². The summed E-state index contributed by atoms with van der Waals surface area (Å²) in [6.07, 6.45) is 5.38. The SMILES string of the molecule is Cc1cn([C@H]2C[C@@H](OCSSC(C)(C)[B]C3CC4C=CC3C4)C(COP(=O)(O)OP(=O)(O)OP(=O)(O)O)O2)c(=O)[nH]c1=O. The van der Waals surface area contributed by atoms with E-state index >= 15 is 0 Å². The Morgan fingerprint density at radius 3 is 2.44 bits per heavy atom. The summed E-state index contributed by atoms with van der Waals surface area (Å²) in [5.74, 6) is 1.90. The minimum Gasteiger partial charge on any atom is -0.364 e. The molecule has 5 N–H and O–H groups in total. The van der Waals surface area contributed by atoms with Crippen LogP contribution in [0, 0.1) is 18.8 Å². The van der Waals surface area contributed by atoms with Crippen LogP contribution >= 0.6 is 45.1 Å². The number of nitrogens with one attached hydrogen (secondary N) is 1. The molecular weight excluding hydrogens is 672 g/mol. The molecule has 2 aliphatic carbocycles. The Balaban J connectivity index is 1.37. The highest BCUT2D eigenvalue weighted by molar-refractivity contribution is 8.77. The molecule has 2 bridgehead atoms. The zero-order valence-corrected chi connectivity index (χ0v) is 27.6.